The molecule has 3 nitrogen and oxygen atoms in total. The Balaban J connectivity index is 2.31. The van der Waals surface area contributed by atoms with E-state index < -0.39 is 17.3 Å². The number of ether oxygens (including phenoxy) is 1. The van der Waals surface area contributed by atoms with Crippen LogP contribution in [0.25, 0.3) is 0 Å². The van der Waals surface area contributed by atoms with Crippen molar-refractivity contribution in [3.63, 3.8) is 0 Å². The quantitative estimate of drug-likeness (QED) is 0.776. The van der Waals surface area contributed by atoms with Crippen LogP contribution in [0, 0.1) is 11.3 Å². The topological polar surface area (TPSA) is 45.9 Å². The lowest BCUT2D eigenvalue weighted by Gasteiger charge is -2.30. The highest BCUT2D eigenvalue weighted by Crippen LogP contribution is 2.35. The number of alkyl halides is 3. The molecule has 0 radical (unpaired) electrons. The fourth-order valence-electron chi connectivity index (χ4n) is 2.03. The number of halogens is 3. The molecule has 2 heterocycles. The Morgan fingerprint density at radius 2 is 1.94 bits per heavy atom. The number of aromatic nitrogens is 1. The predicted molar refractivity (Wildman–Crippen MR) is 56.6 cm³/mol. The molecule has 0 amide bonds. The summed E-state index contributed by atoms with van der Waals surface area (Å²) in [6.45, 7) is 0.878. The number of pyridine rings is 1. The Kier molecular flexibility index (Phi) is 3.26. The van der Waals surface area contributed by atoms with Gasteiger partial charge in [0.15, 0.2) is 0 Å². The second kappa shape index (κ2) is 4.58. The van der Waals surface area contributed by atoms with Gasteiger partial charge >= 0.3 is 6.18 Å². The molecular weight excluding hydrogens is 245 g/mol. The Morgan fingerprint density at radius 1 is 1.28 bits per heavy atom. The number of nitriles is 1. The highest BCUT2D eigenvalue weighted by molar-refractivity contribution is 5.32. The molecule has 0 N–H and O–H groups in total. The molecule has 0 unspecified atom stereocenters. The van der Waals surface area contributed by atoms with Gasteiger partial charge in [-0.3, -0.25) is 4.98 Å². The average Bonchev–Trinajstić information content (AvgIpc) is 2.39. The summed E-state index contributed by atoms with van der Waals surface area (Å²) in [5, 5.41) is 9.27. The van der Waals surface area contributed by atoms with E-state index in [-0.39, 0.29) is 0 Å². The fourth-order valence-corrected chi connectivity index (χ4v) is 2.03. The van der Waals surface area contributed by atoms with Crippen molar-refractivity contribution in [3.8, 4) is 6.07 Å². The van der Waals surface area contributed by atoms with Crippen molar-refractivity contribution in [3.05, 3.63) is 29.6 Å². The molecule has 1 aromatic heterocycles. The molecule has 0 spiro atoms. The molecule has 0 bridgehead atoms. The van der Waals surface area contributed by atoms with Gasteiger partial charge in [-0.1, -0.05) is 6.07 Å². The summed E-state index contributed by atoms with van der Waals surface area (Å²) < 4.78 is 42.3. The van der Waals surface area contributed by atoms with Crippen molar-refractivity contribution < 1.29 is 17.9 Å². The van der Waals surface area contributed by atoms with Gasteiger partial charge in [-0.25, -0.2) is 0 Å². The van der Waals surface area contributed by atoms with Gasteiger partial charge in [-0.15, -0.1) is 0 Å². The van der Waals surface area contributed by atoms with E-state index in [1.54, 1.807) is 0 Å². The van der Waals surface area contributed by atoms with E-state index in [1.165, 1.54) is 6.07 Å². The van der Waals surface area contributed by atoms with Crippen LogP contribution in [0.2, 0.25) is 0 Å². The smallest absolute Gasteiger partial charge is 0.381 e. The van der Waals surface area contributed by atoms with Crippen LogP contribution >= 0.6 is 0 Å². The summed E-state index contributed by atoms with van der Waals surface area (Å²) in [5.41, 5.74) is -1.18. The summed E-state index contributed by atoms with van der Waals surface area (Å²) in [5.74, 6) is 0. The zero-order chi connectivity index (χ0) is 13.2. The molecule has 2 rings (SSSR count). The third-order valence-electron chi connectivity index (χ3n) is 3.17. The highest BCUT2D eigenvalue weighted by atomic mass is 19.4. The first-order valence-corrected chi connectivity index (χ1v) is 5.51. The summed E-state index contributed by atoms with van der Waals surface area (Å²) in [6.07, 6.45) is -2.33. The van der Waals surface area contributed by atoms with E-state index in [2.05, 4.69) is 11.1 Å². The van der Waals surface area contributed by atoms with Crippen molar-refractivity contribution >= 4 is 0 Å². The Bertz CT molecular complexity index is 456. The molecule has 0 aromatic carbocycles. The predicted octanol–water partition coefficient (Wildman–Crippen LogP) is 2.67. The van der Waals surface area contributed by atoms with Gasteiger partial charge in [-0.05, 0) is 24.5 Å². The van der Waals surface area contributed by atoms with Crippen LogP contribution < -0.4 is 0 Å². The van der Waals surface area contributed by atoms with Gasteiger partial charge in [-0.2, -0.15) is 18.4 Å². The minimum absolute atomic E-state index is 0.439. The molecule has 0 atom stereocenters. The number of rotatable bonds is 1. The average molecular weight is 256 g/mol. The zero-order valence-electron chi connectivity index (χ0n) is 9.50. The van der Waals surface area contributed by atoms with Crippen LogP contribution in [0.4, 0.5) is 13.2 Å². The Labute approximate surface area is 102 Å². The first kappa shape index (κ1) is 12.8. The van der Waals surface area contributed by atoms with Gasteiger partial charge in [0.05, 0.1) is 11.5 Å². The monoisotopic (exact) mass is 256 g/mol. The molecule has 1 saturated heterocycles. The van der Waals surface area contributed by atoms with Crippen molar-refractivity contribution in [2.24, 2.45) is 0 Å². The maximum Gasteiger partial charge on any atom is 0.433 e. The standard InChI is InChI=1S/C12H11F3N2O/c13-12(14,15)10-2-1-9(7-17-10)11(8-16)3-5-18-6-4-11/h1-2,7H,3-6H2. The maximum absolute atomic E-state index is 12.4. The van der Waals surface area contributed by atoms with Crippen molar-refractivity contribution in [2.45, 2.75) is 24.4 Å². The third-order valence-corrected chi connectivity index (χ3v) is 3.17. The first-order chi connectivity index (χ1) is 8.48. The lowest BCUT2D eigenvalue weighted by molar-refractivity contribution is -0.141. The van der Waals surface area contributed by atoms with Crippen molar-refractivity contribution in [1.82, 2.24) is 4.98 Å². The second-order valence-corrected chi connectivity index (χ2v) is 4.24. The Morgan fingerprint density at radius 3 is 2.39 bits per heavy atom. The summed E-state index contributed by atoms with van der Waals surface area (Å²) >= 11 is 0. The van der Waals surface area contributed by atoms with E-state index in [4.69, 9.17) is 4.74 Å². The van der Waals surface area contributed by atoms with Gasteiger partial charge in [0, 0.05) is 19.4 Å². The third kappa shape index (κ3) is 2.31. The minimum Gasteiger partial charge on any atom is -0.381 e. The van der Waals surface area contributed by atoms with Crippen LogP contribution in [0.15, 0.2) is 18.3 Å². The van der Waals surface area contributed by atoms with E-state index in [0.29, 0.717) is 31.6 Å². The molecule has 6 heteroatoms. The SMILES string of the molecule is N#CC1(c2ccc(C(F)(F)F)nc2)CCOCC1. The molecule has 1 aliphatic heterocycles. The summed E-state index contributed by atoms with van der Waals surface area (Å²) in [4.78, 5) is 3.40. The van der Waals surface area contributed by atoms with Gasteiger partial charge < -0.3 is 4.74 Å². The molecular formula is C12H11F3N2O. The zero-order valence-corrected chi connectivity index (χ0v) is 9.50. The van der Waals surface area contributed by atoms with E-state index in [9.17, 15) is 18.4 Å². The van der Waals surface area contributed by atoms with E-state index in [0.717, 1.165) is 12.3 Å². The summed E-state index contributed by atoms with van der Waals surface area (Å²) in [6, 6.07) is 4.45. The lowest BCUT2D eigenvalue weighted by Crippen LogP contribution is -2.32. The molecule has 18 heavy (non-hydrogen) atoms. The van der Waals surface area contributed by atoms with Crippen LogP contribution in [-0.2, 0) is 16.3 Å². The maximum atomic E-state index is 12.4. The van der Waals surface area contributed by atoms with E-state index >= 15 is 0 Å². The normalized spacial score (nSPS) is 19.2. The van der Waals surface area contributed by atoms with Crippen LogP contribution in [0.5, 0.6) is 0 Å². The summed E-state index contributed by atoms with van der Waals surface area (Å²) in [7, 11) is 0. The molecule has 0 aliphatic carbocycles. The fraction of sp³-hybridized carbons (Fsp3) is 0.500. The number of hydrogen-bond acceptors (Lipinski definition) is 3. The van der Waals surface area contributed by atoms with Crippen molar-refractivity contribution in [1.29, 1.82) is 5.26 Å². The largest absolute Gasteiger partial charge is 0.433 e. The lowest BCUT2D eigenvalue weighted by atomic mass is 9.76. The Hall–Kier alpha value is -1.61. The molecule has 1 fully saturated rings. The van der Waals surface area contributed by atoms with Crippen molar-refractivity contribution in [2.75, 3.05) is 13.2 Å². The van der Waals surface area contributed by atoms with Gasteiger partial charge in [0.2, 0.25) is 0 Å². The molecule has 1 aromatic rings. The van der Waals surface area contributed by atoms with Crippen LogP contribution in [0.1, 0.15) is 24.1 Å². The van der Waals surface area contributed by atoms with Crippen LogP contribution in [-0.4, -0.2) is 18.2 Å². The minimum atomic E-state index is -4.45. The van der Waals surface area contributed by atoms with E-state index in [1.807, 2.05) is 0 Å². The number of hydrogen-bond donors (Lipinski definition) is 0. The number of nitrogens with zero attached hydrogens (tertiary/aromatic N) is 2. The molecule has 96 valence electrons. The van der Waals surface area contributed by atoms with Gasteiger partial charge in [0.1, 0.15) is 5.69 Å². The molecule has 0 saturated carbocycles. The second-order valence-electron chi connectivity index (χ2n) is 4.24. The van der Waals surface area contributed by atoms with Crippen LogP contribution in [0.3, 0.4) is 0 Å². The highest BCUT2D eigenvalue weighted by Gasteiger charge is 2.37. The molecule has 1 aliphatic rings. The van der Waals surface area contributed by atoms with Gasteiger partial charge in [0.25, 0.3) is 0 Å². The first-order valence-electron chi connectivity index (χ1n) is 5.51.